The normalized spacial score (nSPS) is 17.1. The maximum Gasteiger partial charge on any atom is 0.144 e. The van der Waals surface area contributed by atoms with Crippen LogP contribution < -0.4 is 0 Å². The van der Waals surface area contributed by atoms with Gasteiger partial charge in [-0.25, -0.2) is 0 Å². The van der Waals surface area contributed by atoms with Crippen LogP contribution in [-0.2, 0) is 0 Å². The molecule has 0 bridgehead atoms. The summed E-state index contributed by atoms with van der Waals surface area (Å²) >= 11 is 0. The van der Waals surface area contributed by atoms with E-state index in [1.165, 1.54) is 0 Å². The fraction of sp³-hybridized carbons (Fsp3) is 0. The van der Waals surface area contributed by atoms with Gasteiger partial charge in [-0.05, 0) is 61.6 Å². The topological polar surface area (TPSA) is 13.1 Å². The van der Waals surface area contributed by atoms with Gasteiger partial charge in [0.1, 0.15) is 11.2 Å². The molecule has 0 radical (unpaired) electrons. The number of para-hydroxylation sites is 1. The zero-order valence-electron chi connectivity index (χ0n) is 33.0. The van der Waals surface area contributed by atoms with E-state index in [9.17, 15) is 4.11 Å². The van der Waals surface area contributed by atoms with Gasteiger partial charge in [-0.2, -0.15) is 0 Å². The molecule has 0 amide bonds. The molecular weight excluding hydrogens is 448 g/mol. The van der Waals surface area contributed by atoms with Crippen LogP contribution in [0.15, 0.2) is 138 Å². The van der Waals surface area contributed by atoms with Crippen LogP contribution in [0.5, 0.6) is 0 Å². The highest BCUT2D eigenvalue weighted by atomic mass is 16.3. The average molecular weight is 485 g/mol. The highest BCUT2D eigenvalue weighted by Crippen LogP contribution is 2.48. The molecule has 1 aromatic heterocycles. The maximum atomic E-state index is 9.38. The van der Waals surface area contributed by atoms with E-state index >= 15 is 0 Å². The van der Waals surface area contributed by atoms with E-state index in [-0.39, 0.29) is 49.4 Å². The lowest BCUT2D eigenvalue weighted by atomic mass is 9.87. The lowest BCUT2D eigenvalue weighted by molar-refractivity contribution is 0.670. The maximum absolute atomic E-state index is 9.38. The van der Waals surface area contributed by atoms with Gasteiger partial charge in [-0.1, -0.05) is 115 Å². The van der Waals surface area contributed by atoms with Crippen molar-refractivity contribution >= 4 is 54.3 Å². The molecule has 0 saturated heterocycles. The summed E-state index contributed by atoms with van der Waals surface area (Å²) < 4.78 is 129. The largest absolute Gasteiger partial charge is 0.455 e. The molecule has 8 aromatic rings. The molecule has 7 aromatic carbocycles. The van der Waals surface area contributed by atoms with Gasteiger partial charge in [-0.3, -0.25) is 0 Å². The van der Waals surface area contributed by atoms with E-state index < -0.39 is 84.6 Å². The molecule has 0 N–H and O–H groups in total. The minimum atomic E-state index is -0.593. The van der Waals surface area contributed by atoms with E-state index in [1.807, 2.05) is 0 Å². The van der Waals surface area contributed by atoms with Crippen molar-refractivity contribution in [2.45, 2.75) is 0 Å². The number of furan rings is 1. The third-order valence-corrected chi connectivity index (χ3v) is 6.54. The standard InChI is InChI=1S/C36H22O/c1-3-11-25-21-27(19-17-23(25)9-1)33-29-13-5-6-14-30(29)34(28-20-18-24-10-2-4-12-26(24)22-28)36-35(33)31-15-7-8-16-32(31)37-36/h1-22H/i1D,2D,3D,4D,9D,10D,11D,12D,17D,18D,19D,20D,21D,22D. The summed E-state index contributed by atoms with van der Waals surface area (Å²) in [4.78, 5) is 0. The minimum absolute atomic E-state index is 0.0897. The Morgan fingerprint density at radius 3 is 1.65 bits per heavy atom. The lowest BCUT2D eigenvalue weighted by Crippen LogP contribution is -1.89. The SMILES string of the molecule is [2H]c1c([2H])c([2H])c2c([2H])c(-c3c4ccccc4c(-c4c([2H])c([2H])c5c([2H])c([2H])c([2H])c([2H])c5c4[2H])c4c3oc3ccccc34)c([2H])c([2H])c2c1[2H]. The molecule has 8 rings (SSSR count). The molecule has 1 heterocycles. The van der Waals surface area contributed by atoms with Crippen molar-refractivity contribution in [2.75, 3.05) is 0 Å². The van der Waals surface area contributed by atoms with Crippen LogP contribution in [0.3, 0.4) is 0 Å². The Morgan fingerprint density at radius 2 is 1.00 bits per heavy atom. The summed E-state index contributed by atoms with van der Waals surface area (Å²) in [7, 11) is 0. The van der Waals surface area contributed by atoms with E-state index in [2.05, 4.69) is 0 Å². The monoisotopic (exact) mass is 484 g/mol. The molecule has 0 saturated carbocycles. The molecule has 172 valence electrons. The third-order valence-electron chi connectivity index (χ3n) is 6.54. The minimum Gasteiger partial charge on any atom is -0.455 e. The zero-order valence-corrected chi connectivity index (χ0v) is 19.0. The first kappa shape index (κ1) is 11.0. The fourth-order valence-electron chi connectivity index (χ4n) is 4.97. The predicted molar refractivity (Wildman–Crippen MR) is 157 cm³/mol. The zero-order chi connectivity index (χ0) is 36.5. The van der Waals surface area contributed by atoms with Crippen LogP contribution >= 0.6 is 0 Å². The summed E-state index contributed by atoms with van der Waals surface area (Å²) in [6.45, 7) is 0. The molecule has 0 unspecified atom stereocenters. The Bertz CT molecular complexity index is 2910. The Hall–Kier alpha value is -4.88. The molecule has 0 fully saturated rings. The first-order chi connectivity index (χ1) is 24.2. The molecule has 0 aliphatic carbocycles. The molecule has 1 heteroatoms. The van der Waals surface area contributed by atoms with Gasteiger partial charge >= 0.3 is 0 Å². The molecule has 1 nitrogen and oxygen atoms in total. The van der Waals surface area contributed by atoms with Crippen LogP contribution in [0.4, 0.5) is 0 Å². The van der Waals surface area contributed by atoms with Gasteiger partial charge in [0, 0.05) is 21.9 Å². The first-order valence-electron chi connectivity index (χ1n) is 18.6. The Balaban J connectivity index is 1.65. The second-order valence-corrected chi connectivity index (χ2v) is 8.60. The van der Waals surface area contributed by atoms with Crippen LogP contribution in [0, 0.1) is 0 Å². The van der Waals surface area contributed by atoms with E-state index in [1.54, 1.807) is 48.5 Å². The second-order valence-electron chi connectivity index (χ2n) is 8.60. The van der Waals surface area contributed by atoms with Crippen LogP contribution in [0.2, 0.25) is 0 Å². The number of fused-ring (bicyclic) bond motifs is 6. The highest BCUT2D eigenvalue weighted by molar-refractivity contribution is 6.27. The Labute approximate surface area is 233 Å². The van der Waals surface area contributed by atoms with Gasteiger partial charge in [0.15, 0.2) is 0 Å². The third kappa shape index (κ3) is 3.04. The lowest BCUT2D eigenvalue weighted by Gasteiger charge is -2.15. The van der Waals surface area contributed by atoms with Crippen LogP contribution in [0.1, 0.15) is 19.2 Å². The quantitative estimate of drug-likeness (QED) is 0.238. The summed E-state index contributed by atoms with van der Waals surface area (Å²) in [5, 5.41) is 0.574. The second kappa shape index (κ2) is 7.81. The van der Waals surface area contributed by atoms with E-state index in [0.29, 0.717) is 27.1 Å². The van der Waals surface area contributed by atoms with Crippen molar-refractivity contribution in [1.29, 1.82) is 0 Å². The molecular formula is C36H22O. The number of hydrogen-bond donors (Lipinski definition) is 0. The molecule has 37 heavy (non-hydrogen) atoms. The molecule has 0 atom stereocenters. The Kier molecular flexibility index (Phi) is 2.33. The van der Waals surface area contributed by atoms with Crippen molar-refractivity contribution in [3.8, 4) is 22.3 Å². The average Bonchev–Trinajstić information content (AvgIpc) is 3.50. The Morgan fingerprint density at radius 1 is 0.486 bits per heavy atom. The number of rotatable bonds is 2. The molecule has 0 aliphatic heterocycles. The van der Waals surface area contributed by atoms with E-state index in [4.69, 9.17) is 19.5 Å². The number of benzene rings is 7. The van der Waals surface area contributed by atoms with Gasteiger partial charge in [0.2, 0.25) is 0 Å². The molecule has 0 spiro atoms. The fourth-order valence-corrected chi connectivity index (χ4v) is 4.97. The van der Waals surface area contributed by atoms with Crippen molar-refractivity contribution in [3.63, 3.8) is 0 Å². The van der Waals surface area contributed by atoms with Gasteiger partial charge in [-0.15, -0.1) is 0 Å². The van der Waals surface area contributed by atoms with Gasteiger partial charge < -0.3 is 4.42 Å². The first-order valence-corrected chi connectivity index (χ1v) is 11.6. The number of hydrogen-bond acceptors (Lipinski definition) is 1. The smallest absolute Gasteiger partial charge is 0.144 e. The van der Waals surface area contributed by atoms with Crippen molar-refractivity contribution in [2.24, 2.45) is 0 Å². The van der Waals surface area contributed by atoms with Crippen molar-refractivity contribution < 1.29 is 23.6 Å². The van der Waals surface area contributed by atoms with Crippen LogP contribution in [-0.4, -0.2) is 0 Å². The molecule has 0 aliphatic rings. The van der Waals surface area contributed by atoms with Crippen molar-refractivity contribution in [1.82, 2.24) is 0 Å². The summed E-state index contributed by atoms with van der Waals surface area (Å²) in [5.74, 6) is 0. The summed E-state index contributed by atoms with van der Waals surface area (Å²) in [5.41, 5.74) is 0.637. The van der Waals surface area contributed by atoms with Gasteiger partial charge in [0.05, 0.1) is 19.2 Å². The summed E-state index contributed by atoms with van der Waals surface area (Å²) in [6, 6.07) is 6.36. The van der Waals surface area contributed by atoms with Crippen LogP contribution in [0.25, 0.3) is 76.5 Å². The summed E-state index contributed by atoms with van der Waals surface area (Å²) in [6.07, 6.45) is 0. The van der Waals surface area contributed by atoms with Crippen molar-refractivity contribution in [3.05, 3.63) is 133 Å². The van der Waals surface area contributed by atoms with Gasteiger partial charge in [0.25, 0.3) is 0 Å². The highest BCUT2D eigenvalue weighted by Gasteiger charge is 2.22. The predicted octanol–water partition coefficient (Wildman–Crippen LogP) is 10.4. The van der Waals surface area contributed by atoms with E-state index in [0.717, 1.165) is 0 Å².